The fourth-order valence-corrected chi connectivity index (χ4v) is 2.96. The van der Waals surface area contributed by atoms with Crippen molar-refractivity contribution in [2.75, 3.05) is 5.73 Å². The molecule has 4 aromatic rings. The number of aryl methyl sites for hydroxylation is 2. The van der Waals surface area contributed by atoms with Crippen molar-refractivity contribution >= 4 is 27.9 Å². The highest BCUT2D eigenvalue weighted by molar-refractivity contribution is 6.00. The summed E-state index contributed by atoms with van der Waals surface area (Å²) in [5.41, 5.74) is 10.5. The van der Waals surface area contributed by atoms with Crippen molar-refractivity contribution < 1.29 is 0 Å². The highest BCUT2D eigenvalue weighted by atomic mass is 15.3. The van der Waals surface area contributed by atoms with Crippen LogP contribution in [0, 0.1) is 6.92 Å². The van der Waals surface area contributed by atoms with Crippen molar-refractivity contribution in [2.45, 2.75) is 26.8 Å². The van der Waals surface area contributed by atoms with Crippen molar-refractivity contribution in [3.63, 3.8) is 0 Å². The Balaban J connectivity index is 2.06. The van der Waals surface area contributed by atoms with Crippen LogP contribution in [-0.2, 0) is 6.54 Å². The molecule has 0 amide bonds. The van der Waals surface area contributed by atoms with Gasteiger partial charge in [-0.1, -0.05) is 6.92 Å². The minimum absolute atomic E-state index is 0.443. The third kappa shape index (κ3) is 1.97. The first-order chi connectivity index (χ1) is 11.2. The van der Waals surface area contributed by atoms with Gasteiger partial charge in [-0.3, -0.25) is 0 Å². The highest BCUT2D eigenvalue weighted by Crippen LogP contribution is 2.34. The SMILES string of the molecule is CCCn1nc(-c2[nH]c3ncccc3c2C)c2c(N)ncnc21. The molecule has 23 heavy (non-hydrogen) atoms. The summed E-state index contributed by atoms with van der Waals surface area (Å²) in [5, 5.41) is 6.61. The number of nitrogens with one attached hydrogen (secondary N) is 1. The fraction of sp³-hybridized carbons (Fsp3) is 0.250. The van der Waals surface area contributed by atoms with Crippen LogP contribution < -0.4 is 5.73 Å². The molecule has 4 rings (SSSR count). The normalized spacial score (nSPS) is 11.6. The van der Waals surface area contributed by atoms with E-state index in [-0.39, 0.29) is 0 Å². The van der Waals surface area contributed by atoms with E-state index in [0.717, 1.165) is 52.0 Å². The molecule has 4 heterocycles. The minimum atomic E-state index is 0.443. The Morgan fingerprint density at radius 1 is 1.26 bits per heavy atom. The Kier molecular flexibility index (Phi) is 3.00. The maximum absolute atomic E-state index is 6.11. The van der Waals surface area contributed by atoms with E-state index < -0.39 is 0 Å². The number of nitrogens with zero attached hydrogens (tertiary/aromatic N) is 5. The van der Waals surface area contributed by atoms with Crippen LogP contribution in [0.25, 0.3) is 33.5 Å². The summed E-state index contributed by atoms with van der Waals surface area (Å²) >= 11 is 0. The maximum Gasteiger partial charge on any atom is 0.164 e. The third-order valence-electron chi connectivity index (χ3n) is 4.06. The van der Waals surface area contributed by atoms with Crippen LogP contribution in [0.3, 0.4) is 0 Å². The lowest BCUT2D eigenvalue weighted by atomic mass is 10.1. The number of fused-ring (bicyclic) bond motifs is 2. The van der Waals surface area contributed by atoms with Crippen molar-refractivity contribution in [3.05, 3.63) is 30.2 Å². The van der Waals surface area contributed by atoms with E-state index in [4.69, 9.17) is 10.8 Å². The fourth-order valence-electron chi connectivity index (χ4n) is 2.96. The molecule has 116 valence electrons. The van der Waals surface area contributed by atoms with Gasteiger partial charge in [-0.25, -0.2) is 19.6 Å². The van der Waals surface area contributed by atoms with Crippen LogP contribution in [0.1, 0.15) is 18.9 Å². The molecule has 0 radical (unpaired) electrons. The third-order valence-corrected chi connectivity index (χ3v) is 4.06. The van der Waals surface area contributed by atoms with Crippen molar-refractivity contribution in [2.24, 2.45) is 0 Å². The van der Waals surface area contributed by atoms with Gasteiger partial charge in [0.1, 0.15) is 23.5 Å². The molecule has 7 nitrogen and oxygen atoms in total. The van der Waals surface area contributed by atoms with Gasteiger partial charge < -0.3 is 10.7 Å². The number of anilines is 1. The molecule has 0 aliphatic rings. The highest BCUT2D eigenvalue weighted by Gasteiger charge is 2.20. The first kappa shape index (κ1) is 13.7. The molecular weight excluding hydrogens is 290 g/mol. The average molecular weight is 307 g/mol. The molecule has 0 aliphatic carbocycles. The molecule has 3 N–H and O–H groups in total. The molecule has 0 saturated heterocycles. The molecule has 0 aliphatic heterocycles. The van der Waals surface area contributed by atoms with E-state index >= 15 is 0 Å². The molecular formula is C16H17N7. The number of rotatable bonds is 3. The lowest BCUT2D eigenvalue weighted by Crippen LogP contribution is -2.00. The van der Waals surface area contributed by atoms with Gasteiger partial charge in [0.25, 0.3) is 0 Å². The molecule has 0 bridgehead atoms. The summed E-state index contributed by atoms with van der Waals surface area (Å²) in [7, 11) is 0. The number of hydrogen-bond donors (Lipinski definition) is 2. The molecule has 0 fully saturated rings. The van der Waals surface area contributed by atoms with E-state index in [0.29, 0.717) is 5.82 Å². The van der Waals surface area contributed by atoms with Gasteiger partial charge in [-0.05, 0) is 31.0 Å². The second kappa shape index (κ2) is 5.05. The van der Waals surface area contributed by atoms with Crippen LogP contribution in [-0.4, -0.2) is 29.7 Å². The maximum atomic E-state index is 6.11. The van der Waals surface area contributed by atoms with Crippen molar-refractivity contribution in [1.82, 2.24) is 29.7 Å². The zero-order valence-electron chi connectivity index (χ0n) is 13.0. The molecule has 7 heteroatoms. The molecule has 0 spiro atoms. The van der Waals surface area contributed by atoms with Crippen LogP contribution in [0.2, 0.25) is 0 Å². The van der Waals surface area contributed by atoms with Gasteiger partial charge >= 0.3 is 0 Å². The molecule has 0 atom stereocenters. The van der Waals surface area contributed by atoms with Crippen LogP contribution in [0.4, 0.5) is 5.82 Å². The van der Waals surface area contributed by atoms with Crippen molar-refractivity contribution in [3.8, 4) is 11.4 Å². The second-order valence-corrected chi connectivity index (χ2v) is 5.55. The zero-order valence-corrected chi connectivity index (χ0v) is 13.0. The summed E-state index contributed by atoms with van der Waals surface area (Å²) < 4.78 is 1.89. The molecule has 4 aromatic heterocycles. The largest absolute Gasteiger partial charge is 0.383 e. The Bertz CT molecular complexity index is 1010. The number of nitrogens with two attached hydrogens (primary N) is 1. The summed E-state index contributed by atoms with van der Waals surface area (Å²) in [6.07, 6.45) is 4.22. The van der Waals surface area contributed by atoms with Gasteiger partial charge in [0.05, 0.1) is 11.1 Å². The summed E-state index contributed by atoms with van der Waals surface area (Å²) in [6, 6.07) is 3.97. The lowest BCUT2D eigenvalue weighted by molar-refractivity contribution is 0.618. The molecule has 0 unspecified atom stereocenters. The van der Waals surface area contributed by atoms with Crippen molar-refractivity contribution in [1.29, 1.82) is 0 Å². The minimum Gasteiger partial charge on any atom is -0.383 e. The number of hydrogen-bond acceptors (Lipinski definition) is 5. The van der Waals surface area contributed by atoms with E-state index in [9.17, 15) is 0 Å². The number of aromatic nitrogens is 6. The van der Waals surface area contributed by atoms with E-state index in [1.165, 1.54) is 6.33 Å². The van der Waals surface area contributed by atoms with Crippen LogP contribution in [0.15, 0.2) is 24.7 Å². The Hall–Kier alpha value is -2.96. The Labute approximate surface area is 132 Å². The first-order valence-electron chi connectivity index (χ1n) is 7.61. The van der Waals surface area contributed by atoms with Gasteiger partial charge in [-0.2, -0.15) is 5.10 Å². The number of nitrogen functional groups attached to an aromatic ring is 1. The first-order valence-corrected chi connectivity index (χ1v) is 7.61. The second-order valence-electron chi connectivity index (χ2n) is 5.55. The summed E-state index contributed by atoms with van der Waals surface area (Å²) in [4.78, 5) is 16.2. The lowest BCUT2D eigenvalue weighted by Gasteiger charge is -1.99. The molecule has 0 aromatic carbocycles. The smallest absolute Gasteiger partial charge is 0.164 e. The van der Waals surface area contributed by atoms with Crippen LogP contribution in [0.5, 0.6) is 0 Å². The van der Waals surface area contributed by atoms with Crippen LogP contribution >= 0.6 is 0 Å². The monoisotopic (exact) mass is 307 g/mol. The van der Waals surface area contributed by atoms with Gasteiger partial charge in [-0.15, -0.1) is 0 Å². The van der Waals surface area contributed by atoms with Gasteiger partial charge in [0.2, 0.25) is 0 Å². The number of aromatic amines is 1. The van der Waals surface area contributed by atoms with E-state index in [2.05, 4.69) is 33.8 Å². The zero-order chi connectivity index (χ0) is 16.0. The van der Waals surface area contributed by atoms with E-state index in [1.54, 1.807) is 6.20 Å². The average Bonchev–Trinajstić information content (AvgIpc) is 3.08. The Morgan fingerprint density at radius 3 is 2.91 bits per heavy atom. The number of pyridine rings is 1. The summed E-state index contributed by atoms with van der Waals surface area (Å²) in [5.74, 6) is 0.443. The number of H-pyrrole nitrogens is 1. The predicted molar refractivity (Wildman–Crippen MR) is 89.9 cm³/mol. The standard InChI is InChI=1S/C16H17N7/c1-3-7-23-16-11(14(17)19-8-20-16)13(22-23)12-9(2)10-5-4-6-18-15(10)21-12/h4-6,8H,3,7H2,1-2H3,(H,18,21)(H2,17,19,20). The summed E-state index contributed by atoms with van der Waals surface area (Å²) in [6.45, 7) is 4.95. The van der Waals surface area contributed by atoms with Gasteiger partial charge in [0, 0.05) is 18.1 Å². The molecule has 0 saturated carbocycles. The quantitative estimate of drug-likeness (QED) is 0.606. The Morgan fingerprint density at radius 2 is 2.13 bits per heavy atom. The predicted octanol–water partition coefficient (Wildman–Crippen LogP) is 2.67. The topological polar surface area (TPSA) is 98.3 Å². The van der Waals surface area contributed by atoms with Gasteiger partial charge in [0.15, 0.2) is 5.65 Å². The van der Waals surface area contributed by atoms with E-state index in [1.807, 2.05) is 16.8 Å².